The lowest BCUT2D eigenvalue weighted by Gasteiger charge is -2.01. The fraction of sp³-hybridized carbons (Fsp3) is 0.0714. The van der Waals surface area contributed by atoms with Crippen LogP contribution in [-0.2, 0) is 0 Å². The molecular weight excluding hydrogens is 277 g/mol. The fourth-order valence-corrected chi connectivity index (χ4v) is 1.85. The number of nitrogens with one attached hydrogen (secondary N) is 1. The number of H-pyrrole nitrogens is 1. The summed E-state index contributed by atoms with van der Waals surface area (Å²) in [7, 11) is 1.38. The minimum Gasteiger partial charge on any atom is -0.494 e. The summed E-state index contributed by atoms with van der Waals surface area (Å²) in [5.41, 5.74) is 0.342. The van der Waals surface area contributed by atoms with Gasteiger partial charge in [0.25, 0.3) is 11.4 Å². The number of aromatic nitrogens is 3. The zero-order valence-electron chi connectivity index (χ0n) is 11.0. The number of benzene rings is 1. The largest absolute Gasteiger partial charge is 0.494 e. The quantitative estimate of drug-likeness (QED) is 0.799. The van der Waals surface area contributed by atoms with Crippen molar-refractivity contribution in [3.8, 4) is 28.6 Å². The number of methoxy groups -OCH3 is 1. The van der Waals surface area contributed by atoms with Gasteiger partial charge in [0, 0.05) is 11.8 Å². The molecule has 0 amide bonds. The molecule has 106 valence electrons. The second kappa shape index (κ2) is 5.20. The minimum atomic E-state index is -0.529. The molecule has 1 aromatic carbocycles. The van der Waals surface area contributed by atoms with Gasteiger partial charge in [-0.2, -0.15) is 4.98 Å². The Morgan fingerprint density at radius 3 is 2.90 bits per heavy atom. The van der Waals surface area contributed by atoms with E-state index >= 15 is 0 Å². The number of hydrogen-bond donors (Lipinski definition) is 1. The molecule has 1 N–H and O–H groups in total. The average molecular weight is 287 g/mol. The van der Waals surface area contributed by atoms with Crippen LogP contribution in [0, 0.1) is 5.82 Å². The molecule has 0 unspecified atom stereocenters. The zero-order valence-corrected chi connectivity index (χ0v) is 11.0. The first-order valence-electron chi connectivity index (χ1n) is 6.05. The Labute approximate surface area is 118 Å². The highest BCUT2D eigenvalue weighted by Crippen LogP contribution is 2.25. The number of rotatable bonds is 3. The first-order valence-corrected chi connectivity index (χ1v) is 6.05. The van der Waals surface area contributed by atoms with Crippen molar-refractivity contribution < 1.29 is 13.7 Å². The first-order chi connectivity index (χ1) is 10.2. The molecule has 0 saturated heterocycles. The molecular formula is C14H10FN3O3. The summed E-state index contributed by atoms with van der Waals surface area (Å²) in [5.74, 6) is -0.140. The molecule has 0 bridgehead atoms. The lowest BCUT2D eigenvalue weighted by Crippen LogP contribution is -2.06. The van der Waals surface area contributed by atoms with E-state index in [1.165, 1.54) is 25.4 Å². The topological polar surface area (TPSA) is 81.0 Å². The number of pyridine rings is 1. The standard InChI is InChI=1S/C14H10FN3O3/c1-20-11-5-4-8(7-10(11)15)12-17-14(21-18-12)9-3-2-6-16-13(9)19/h2-7H,1H3,(H,16,19). The van der Waals surface area contributed by atoms with Crippen LogP contribution in [-0.4, -0.2) is 22.2 Å². The maximum atomic E-state index is 13.7. The van der Waals surface area contributed by atoms with Gasteiger partial charge in [-0.15, -0.1) is 0 Å². The Kier molecular flexibility index (Phi) is 3.23. The lowest BCUT2D eigenvalue weighted by molar-refractivity contribution is 0.386. The summed E-state index contributed by atoms with van der Waals surface area (Å²) in [6.07, 6.45) is 1.50. The number of aromatic amines is 1. The van der Waals surface area contributed by atoms with Gasteiger partial charge in [0.15, 0.2) is 11.6 Å². The van der Waals surface area contributed by atoms with Crippen molar-refractivity contribution in [2.75, 3.05) is 7.11 Å². The van der Waals surface area contributed by atoms with Gasteiger partial charge in [-0.3, -0.25) is 4.79 Å². The lowest BCUT2D eigenvalue weighted by atomic mass is 10.2. The van der Waals surface area contributed by atoms with E-state index in [1.54, 1.807) is 18.2 Å². The number of ether oxygens (including phenoxy) is 1. The van der Waals surface area contributed by atoms with Crippen molar-refractivity contribution in [1.82, 2.24) is 15.1 Å². The molecule has 2 aromatic heterocycles. The van der Waals surface area contributed by atoms with Crippen molar-refractivity contribution in [2.24, 2.45) is 0 Å². The van der Waals surface area contributed by atoms with Gasteiger partial charge >= 0.3 is 0 Å². The van der Waals surface area contributed by atoms with Crippen LogP contribution in [0.2, 0.25) is 0 Å². The normalized spacial score (nSPS) is 10.6. The van der Waals surface area contributed by atoms with E-state index in [1.807, 2.05) is 0 Å². The van der Waals surface area contributed by atoms with Crippen LogP contribution in [0.15, 0.2) is 45.8 Å². The van der Waals surface area contributed by atoms with E-state index in [9.17, 15) is 9.18 Å². The third-order valence-electron chi connectivity index (χ3n) is 2.88. The Bertz CT molecular complexity index is 841. The minimum absolute atomic E-state index is 0.0723. The molecule has 7 heteroatoms. The molecule has 0 radical (unpaired) electrons. The van der Waals surface area contributed by atoms with Gasteiger partial charge in [0.2, 0.25) is 5.82 Å². The van der Waals surface area contributed by atoms with Crippen molar-refractivity contribution in [2.45, 2.75) is 0 Å². The van der Waals surface area contributed by atoms with Crippen molar-refractivity contribution in [1.29, 1.82) is 0 Å². The number of halogens is 1. The molecule has 0 atom stereocenters. The molecule has 0 aliphatic rings. The van der Waals surface area contributed by atoms with Gasteiger partial charge < -0.3 is 14.2 Å². The molecule has 0 aliphatic carbocycles. The molecule has 6 nitrogen and oxygen atoms in total. The summed E-state index contributed by atoms with van der Waals surface area (Å²) in [6, 6.07) is 7.52. The van der Waals surface area contributed by atoms with Crippen molar-refractivity contribution in [3.05, 3.63) is 52.7 Å². The monoisotopic (exact) mass is 287 g/mol. The molecule has 0 fully saturated rings. The maximum absolute atomic E-state index is 13.7. The van der Waals surface area contributed by atoms with Gasteiger partial charge in [0.05, 0.1) is 7.11 Å². The van der Waals surface area contributed by atoms with Gasteiger partial charge in [-0.25, -0.2) is 4.39 Å². The second-order valence-electron chi connectivity index (χ2n) is 4.19. The highest BCUT2D eigenvalue weighted by Gasteiger charge is 2.14. The van der Waals surface area contributed by atoms with Crippen LogP contribution in [0.4, 0.5) is 4.39 Å². The van der Waals surface area contributed by atoms with Crippen LogP contribution in [0.1, 0.15) is 0 Å². The predicted molar refractivity (Wildman–Crippen MR) is 72.3 cm³/mol. The third-order valence-corrected chi connectivity index (χ3v) is 2.88. The highest BCUT2D eigenvalue weighted by molar-refractivity contribution is 5.60. The van der Waals surface area contributed by atoms with Gasteiger partial charge in [0.1, 0.15) is 5.56 Å². The fourth-order valence-electron chi connectivity index (χ4n) is 1.85. The Balaban J connectivity index is 2.01. The molecule has 3 rings (SSSR count). The predicted octanol–water partition coefficient (Wildman–Crippen LogP) is 2.24. The summed E-state index contributed by atoms with van der Waals surface area (Å²) in [6.45, 7) is 0. The van der Waals surface area contributed by atoms with Gasteiger partial charge in [-0.05, 0) is 30.3 Å². The summed E-state index contributed by atoms with van der Waals surface area (Å²) in [4.78, 5) is 18.3. The molecule has 2 heterocycles. The van der Waals surface area contributed by atoms with Crippen LogP contribution in [0.3, 0.4) is 0 Å². The van der Waals surface area contributed by atoms with Crippen LogP contribution in [0.5, 0.6) is 5.75 Å². The van der Waals surface area contributed by atoms with E-state index in [0.717, 1.165) is 0 Å². The average Bonchev–Trinajstić information content (AvgIpc) is 2.97. The van der Waals surface area contributed by atoms with Crippen molar-refractivity contribution in [3.63, 3.8) is 0 Å². The molecule has 0 saturated carbocycles. The van der Waals surface area contributed by atoms with Crippen molar-refractivity contribution >= 4 is 0 Å². The van der Waals surface area contributed by atoms with Crippen LogP contribution < -0.4 is 10.3 Å². The molecule has 0 aliphatic heterocycles. The second-order valence-corrected chi connectivity index (χ2v) is 4.19. The zero-order chi connectivity index (χ0) is 14.8. The Hall–Kier alpha value is -2.96. The number of nitrogens with zero attached hydrogens (tertiary/aromatic N) is 2. The van der Waals surface area contributed by atoms with E-state index in [-0.39, 0.29) is 28.6 Å². The van der Waals surface area contributed by atoms with E-state index < -0.39 is 5.82 Å². The smallest absolute Gasteiger partial charge is 0.263 e. The Morgan fingerprint density at radius 1 is 1.33 bits per heavy atom. The Morgan fingerprint density at radius 2 is 2.19 bits per heavy atom. The van der Waals surface area contributed by atoms with E-state index in [0.29, 0.717) is 5.56 Å². The third kappa shape index (κ3) is 2.40. The van der Waals surface area contributed by atoms with E-state index in [4.69, 9.17) is 9.26 Å². The molecule has 21 heavy (non-hydrogen) atoms. The summed E-state index contributed by atoms with van der Waals surface area (Å²) in [5, 5.41) is 3.75. The summed E-state index contributed by atoms with van der Waals surface area (Å²) < 4.78 is 23.6. The van der Waals surface area contributed by atoms with Gasteiger partial charge in [-0.1, -0.05) is 5.16 Å². The summed E-state index contributed by atoms with van der Waals surface area (Å²) >= 11 is 0. The first kappa shape index (κ1) is 13.0. The molecule has 0 spiro atoms. The maximum Gasteiger partial charge on any atom is 0.263 e. The van der Waals surface area contributed by atoms with Crippen LogP contribution in [0.25, 0.3) is 22.8 Å². The van der Waals surface area contributed by atoms with Crippen LogP contribution >= 0.6 is 0 Å². The molecule has 3 aromatic rings. The SMILES string of the molecule is COc1ccc(-c2noc(-c3ccc[nH]c3=O)n2)cc1F. The highest BCUT2D eigenvalue weighted by atomic mass is 19.1. The number of hydrogen-bond acceptors (Lipinski definition) is 5. The van der Waals surface area contributed by atoms with E-state index in [2.05, 4.69) is 15.1 Å².